The number of rotatable bonds is 3. The highest BCUT2D eigenvalue weighted by Gasteiger charge is 2.32. The molecule has 3 atom stereocenters. The summed E-state index contributed by atoms with van der Waals surface area (Å²) in [5, 5.41) is 3.10. The minimum absolute atomic E-state index is 0.0788. The Kier molecular flexibility index (Phi) is 3.81. The molecule has 1 fully saturated rings. The van der Waals surface area contributed by atoms with Crippen molar-refractivity contribution in [3.63, 3.8) is 0 Å². The van der Waals surface area contributed by atoms with Gasteiger partial charge in [0.25, 0.3) is 5.91 Å². The van der Waals surface area contributed by atoms with Crippen LogP contribution in [0.3, 0.4) is 0 Å². The lowest BCUT2D eigenvalue weighted by Crippen LogP contribution is -2.48. The van der Waals surface area contributed by atoms with Crippen LogP contribution < -0.4 is 14.8 Å². The summed E-state index contributed by atoms with van der Waals surface area (Å²) >= 11 is 0. The average molecular weight is 274 g/mol. The van der Waals surface area contributed by atoms with Gasteiger partial charge in [0.05, 0.1) is 0 Å². The highest BCUT2D eigenvalue weighted by atomic mass is 16.6. The highest BCUT2D eigenvalue weighted by Crippen LogP contribution is 2.32. The van der Waals surface area contributed by atoms with Crippen molar-refractivity contribution in [2.45, 2.75) is 37.8 Å². The van der Waals surface area contributed by atoms with Gasteiger partial charge in [-0.05, 0) is 37.3 Å². The van der Waals surface area contributed by atoms with Gasteiger partial charge in [-0.25, -0.2) is 0 Å². The van der Waals surface area contributed by atoms with E-state index in [4.69, 9.17) is 9.47 Å². The van der Waals surface area contributed by atoms with E-state index in [-0.39, 0.29) is 18.6 Å². The topological polar surface area (TPSA) is 47.6 Å². The van der Waals surface area contributed by atoms with Gasteiger partial charge in [0.15, 0.2) is 11.5 Å². The molecule has 3 rings (SSSR count). The van der Waals surface area contributed by atoms with Crippen molar-refractivity contribution in [1.82, 2.24) is 5.32 Å². The molecule has 1 N–H and O–H groups in total. The largest absolute Gasteiger partial charge is 0.485 e. The third kappa shape index (κ3) is 2.60. The minimum Gasteiger partial charge on any atom is -0.485 e. The molecule has 0 aromatic heterocycles. The Morgan fingerprint density at radius 2 is 2.10 bits per heavy atom. The van der Waals surface area contributed by atoms with Gasteiger partial charge in [-0.2, -0.15) is 0 Å². The summed E-state index contributed by atoms with van der Waals surface area (Å²) < 4.78 is 11.3. The van der Waals surface area contributed by atoms with E-state index in [9.17, 15) is 4.79 Å². The molecule has 1 aromatic carbocycles. The highest BCUT2D eigenvalue weighted by molar-refractivity contribution is 5.82. The fraction of sp³-hybridized carbons (Fsp3) is 0.500. The molecule has 0 bridgehead atoms. The summed E-state index contributed by atoms with van der Waals surface area (Å²) in [7, 11) is 0. The summed E-state index contributed by atoms with van der Waals surface area (Å²) in [6, 6.07) is 7.67. The Morgan fingerprint density at radius 3 is 2.90 bits per heavy atom. The van der Waals surface area contributed by atoms with Gasteiger partial charge in [0.1, 0.15) is 6.61 Å². The van der Waals surface area contributed by atoms with Crippen LogP contribution >= 0.6 is 0 Å². The lowest BCUT2D eigenvalue weighted by atomic mass is 10.0. The number of ether oxygens (including phenoxy) is 2. The summed E-state index contributed by atoms with van der Waals surface area (Å²) in [5.41, 5.74) is 0. The number of carbonyl (C=O) groups excluding carboxylic acids is 1. The number of hydrogen-bond acceptors (Lipinski definition) is 3. The molecule has 0 spiro atoms. The Morgan fingerprint density at radius 1 is 1.30 bits per heavy atom. The van der Waals surface area contributed by atoms with Crippen LogP contribution in [0, 0.1) is 12.8 Å². The van der Waals surface area contributed by atoms with Crippen LogP contribution in [0.4, 0.5) is 0 Å². The quantitative estimate of drug-likeness (QED) is 0.920. The molecular weight excluding hydrogens is 254 g/mol. The van der Waals surface area contributed by atoms with Crippen molar-refractivity contribution in [2.75, 3.05) is 6.61 Å². The zero-order valence-corrected chi connectivity index (χ0v) is 11.5. The van der Waals surface area contributed by atoms with E-state index >= 15 is 0 Å². The minimum atomic E-state index is -0.559. The van der Waals surface area contributed by atoms with Crippen molar-refractivity contribution in [2.24, 2.45) is 5.92 Å². The van der Waals surface area contributed by atoms with Gasteiger partial charge >= 0.3 is 0 Å². The van der Waals surface area contributed by atoms with Crippen LogP contribution in [0.25, 0.3) is 0 Å². The molecule has 1 amide bonds. The Bertz CT molecular complexity index is 488. The smallest absolute Gasteiger partial charge is 0.264 e. The van der Waals surface area contributed by atoms with Gasteiger partial charge in [0, 0.05) is 6.04 Å². The molecule has 4 nitrogen and oxygen atoms in total. The molecule has 1 radical (unpaired) electrons. The van der Waals surface area contributed by atoms with Crippen molar-refractivity contribution in [3.05, 3.63) is 31.2 Å². The average Bonchev–Trinajstić information content (AvgIpc) is 2.94. The molecule has 2 aliphatic rings. The first-order valence-electron chi connectivity index (χ1n) is 7.26. The molecule has 20 heavy (non-hydrogen) atoms. The molecular formula is C16H20NO3. The number of carbonyl (C=O) groups is 1. The zero-order valence-electron chi connectivity index (χ0n) is 11.5. The molecule has 1 aliphatic carbocycles. The number of nitrogens with one attached hydrogen (secondary N) is 1. The maximum absolute atomic E-state index is 12.3. The molecule has 1 aliphatic heterocycles. The van der Waals surface area contributed by atoms with Crippen LogP contribution in [0.5, 0.6) is 11.5 Å². The third-order valence-corrected chi connectivity index (χ3v) is 4.16. The fourth-order valence-corrected chi connectivity index (χ4v) is 3.00. The first-order chi connectivity index (χ1) is 9.78. The second-order valence-corrected chi connectivity index (χ2v) is 5.46. The van der Waals surface area contributed by atoms with Gasteiger partial charge < -0.3 is 14.8 Å². The maximum atomic E-state index is 12.3. The van der Waals surface area contributed by atoms with Crippen molar-refractivity contribution >= 4 is 5.91 Å². The van der Waals surface area contributed by atoms with Crippen molar-refractivity contribution in [1.29, 1.82) is 0 Å². The monoisotopic (exact) mass is 274 g/mol. The van der Waals surface area contributed by atoms with E-state index in [1.165, 1.54) is 0 Å². The lowest BCUT2D eigenvalue weighted by molar-refractivity contribution is -0.131. The SMILES string of the molecule is [CH2]CC1CCCC1NC(=O)C1COc2ccccc2O1. The molecule has 0 saturated heterocycles. The number of para-hydroxylation sites is 2. The Labute approximate surface area is 119 Å². The lowest BCUT2D eigenvalue weighted by Gasteiger charge is -2.28. The second-order valence-electron chi connectivity index (χ2n) is 5.46. The van der Waals surface area contributed by atoms with E-state index in [1.54, 1.807) is 0 Å². The Balaban J connectivity index is 1.61. The fourth-order valence-electron chi connectivity index (χ4n) is 3.00. The predicted molar refractivity (Wildman–Crippen MR) is 75.6 cm³/mol. The van der Waals surface area contributed by atoms with E-state index < -0.39 is 6.10 Å². The maximum Gasteiger partial charge on any atom is 0.264 e. The summed E-state index contributed by atoms with van der Waals surface area (Å²) in [4.78, 5) is 12.3. The zero-order chi connectivity index (χ0) is 13.9. The number of amides is 1. The van der Waals surface area contributed by atoms with Gasteiger partial charge in [-0.1, -0.05) is 25.5 Å². The summed E-state index contributed by atoms with van der Waals surface area (Å²) in [6.07, 6.45) is 3.66. The summed E-state index contributed by atoms with van der Waals surface area (Å²) in [6.45, 7) is 4.23. The van der Waals surface area contributed by atoms with Crippen LogP contribution in [-0.2, 0) is 4.79 Å². The first kappa shape index (κ1) is 13.3. The predicted octanol–water partition coefficient (Wildman–Crippen LogP) is 2.34. The van der Waals surface area contributed by atoms with E-state index in [0.29, 0.717) is 17.4 Å². The molecule has 1 aromatic rings. The number of hydrogen-bond donors (Lipinski definition) is 1. The second kappa shape index (κ2) is 5.73. The van der Waals surface area contributed by atoms with Crippen molar-refractivity contribution < 1.29 is 14.3 Å². The van der Waals surface area contributed by atoms with E-state index in [1.807, 2.05) is 24.3 Å². The third-order valence-electron chi connectivity index (χ3n) is 4.16. The van der Waals surface area contributed by atoms with Crippen LogP contribution in [0.2, 0.25) is 0 Å². The normalized spacial score (nSPS) is 28.1. The molecule has 107 valence electrons. The molecule has 4 heteroatoms. The van der Waals surface area contributed by atoms with Crippen LogP contribution in [0.1, 0.15) is 25.7 Å². The van der Waals surface area contributed by atoms with Crippen molar-refractivity contribution in [3.8, 4) is 11.5 Å². The summed E-state index contributed by atoms with van der Waals surface area (Å²) in [5.74, 6) is 1.76. The van der Waals surface area contributed by atoms with Crippen LogP contribution in [-0.4, -0.2) is 24.7 Å². The molecule has 3 unspecified atom stereocenters. The first-order valence-corrected chi connectivity index (χ1v) is 7.26. The van der Waals surface area contributed by atoms with Gasteiger partial charge in [-0.3, -0.25) is 4.79 Å². The van der Waals surface area contributed by atoms with Gasteiger partial charge in [0.2, 0.25) is 6.10 Å². The Hall–Kier alpha value is -1.71. The van der Waals surface area contributed by atoms with Crippen LogP contribution in [0.15, 0.2) is 24.3 Å². The van der Waals surface area contributed by atoms with E-state index in [0.717, 1.165) is 25.7 Å². The molecule has 1 saturated carbocycles. The molecule has 1 heterocycles. The standard InChI is InChI=1S/C16H20NO3/c1-2-11-6-5-7-12(11)17-16(18)15-10-19-13-8-3-4-9-14(13)20-15/h3-4,8-9,11-12,15H,1-2,5-7,10H2,(H,17,18). The number of fused-ring (bicyclic) bond motifs is 1. The van der Waals surface area contributed by atoms with Gasteiger partial charge in [-0.15, -0.1) is 0 Å². The number of benzene rings is 1. The van der Waals surface area contributed by atoms with E-state index in [2.05, 4.69) is 12.2 Å².